The number of rotatable bonds is 3. The fourth-order valence-corrected chi connectivity index (χ4v) is 5.38. The number of piperazine rings is 1. The highest BCUT2D eigenvalue weighted by atomic mass is 35.5. The van der Waals surface area contributed by atoms with Crippen molar-refractivity contribution in [1.82, 2.24) is 14.8 Å². The van der Waals surface area contributed by atoms with Crippen LogP contribution in [0, 0.1) is 5.82 Å². The number of H-pyrrole nitrogens is 1. The monoisotopic (exact) mass is 473 g/mol. The third-order valence-electron chi connectivity index (χ3n) is 6.81. The SMILES string of the molecule is O=C1[C@H]2Cc3c([nH]c4ccccc34)[C@@H](c3ccc(Cl)cc3)N2C(=O)CN1Cc1ccc(F)cc1. The third kappa shape index (κ3) is 3.37. The average molecular weight is 474 g/mol. The molecule has 7 heteroatoms. The number of fused-ring (bicyclic) bond motifs is 4. The Labute approximate surface area is 200 Å². The molecular formula is C27H21ClFN3O2. The molecule has 1 N–H and O–H groups in total. The van der Waals surface area contributed by atoms with Crippen molar-refractivity contribution in [3.8, 4) is 0 Å². The van der Waals surface area contributed by atoms with Gasteiger partial charge in [0.05, 0.1) is 6.04 Å². The standard InChI is InChI=1S/C27H21ClFN3O2/c28-18-9-7-17(8-10-18)26-25-21(20-3-1-2-4-22(20)30-25)13-23-27(34)31(15-24(33)32(23)26)14-16-5-11-19(29)12-6-16/h1-12,23,26,30H,13-15H2/t23-,26-/m1/s1. The number of carbonyl (C=O) groups excluding carboxylic acids is 2. The van der Waals surface area contributed by atoms with E-state index in [9.17, 15) is 14.0 Å². The van der Waals surface area contributed by atoms with E-state index in [4.69, 9.17) is 11.6 Å². The molecule has 3 heterocycles. The first-order valence-electron chi connectivity index (χ1n) is 11.2. The van der Waals surface area contributed by atoms with Gasteiger partial charge in [-0.05, 0) is 47.0 Å². The maximum absolute atomic E-state index is 13.7. The average Bonchev–Trinajstić information content (AvgIpc) is 3.21. The molecule has 3 aromatic carbocycles. The first-order chi connectivity index (χ1) is 16.5. The van der Waals surface area contributed by atoms with Crippen molar-refractivity contribution in [1.29, 1.82) is 0 Å². The molecule has 5 nitrogen and oxygen atoms in total. The van der Waals surface area contributed by atoms with Crippen LogP contribution < -0.4 is 0 Å². The molecule has 1 saturated heterocycles. The summed E-state index contributed by atoms with van der Waals surface area (Å²) in [6.07, 6.45) is 0.438. The van der Waals surface area contributed by atoms with E-state index in [-0.39, 0.29) is 30.7 Å². The van der Waals surface area contributed by atoms with Gasteiger partial charge in [-0.3, -0.25) is 9.59 Å². The Kier molecular flexibility index (Phi) is 4.92. The molecule has 34 heavy (non-hydrogen) atoms. The summed E-state index contributed by atoms with van der Waals surface area (Å²) in [6, 6.07) is 20.4. The summed E-state index contributed by atoms with van der Waals surface area (Å²) in [5.41, 5.74) is 4.66. The predicted octanol–water partition coefficient (Wildman–Crippen LogP) is 4.85. The van der Waals surface area contributed by atoms with Crippen LogP contribution in [0.1, 0.15) is 28.4 Å². The molecule has 170 valence electrons. The second kappa shape index (κ2) is 7.99. The van der Waals surface area contributed by atoms with Gasteiger partial charge in [-0.1, -0.05) is 54.1 Å². The lowest BCUT2D eigenvalue weighted by atomic mass is 9.86. The van der Waals surface area contributed by atoms with Gasteiger partial charge in [0.2, 0.25) is 11.8 Å². The maximum Gasteiger partial charge on any atom is 0.246 e. The van der Waals surface area contributed by atoms with Crippen LogP contribution >= 0.6 is 11.6 Å². The van der Waals surface area contributed by atoms with Gasteiger partial charge in [-0.25, -0.2) is 4.39 Å². The van der Waals surface area contributed by atoms with Gasteiger partial charge < -0.3 is 14.8 Å². The summed E-state index contributed by atoms with van der Waals surface area (Å²) in [4.78, 5) is 34.1. The highest BCUT2D eigenvalue weighted by molar-refractivity contribution is 6.30. The summed E-state index contributed by atoms with van der Waals surface area (Å²) in [7, 11) is 0. The molecule has 0 aliphatic carbocycles. The number of halogens is 2. The molecule has 0 bridgehead atoms. The van der Waals surface area contributed by atoms with E-state index in [1.165, 1.54) is 12.1 Å². The van der Waals surface area contributed by atoms with Gasteiger partial charge in [0.25, 0.3) is 0 Å². The minimum Gasteiger partial charge on any atom is -0.356 e. The predicted molar refractivity (Wildman–Crippen MR) is 128 cm³/mol. The van der Waals surface area contributed by atoms with Crippen LogP contribution in [0.15, 0.2) is 72.8 Å². The number of aromatic amines is 1. The quantitative estimate of drug-likeness (QED) is 0.462. The molecule has 1 fully saturated rings. The maximum atomic E-state index is 13.7. The fourth-order valence-electron chi connectivity index (χ4n) is 5.26. The molecule has 0 spiro atoms. The van der Waals surface area contributed by atoms with Gasteiger partial charge in [0.15, 0.2) is 0 Å². The molecule has 2 aliphatic heterocycles. The molecule has 4 aromatic rings. The fraction of sp³-hybridized carbons (Fsp3) is 0.185. The van der Waals surface area contributed by atoms with E-state index in [2.05, 4.69) is 4.98 Å². The molecule has 2 atom stereocenters. The first-order valence-corrected chi connectivity index (χ1v) is 11.6. The number of carbonyl (C=O) groups is 2. The summed E-state index contributed by atoms with van der Waals surface area (Å²) in [5.74, 6) is -0.546. The van der Waals surface area contributed by atoms with Crippen LogP contribution in [-0.4, -0.2) is 39.2 Å². The Bertz CT molecular complexity index is 1410. The zero-order valence-corrected chi connectivity index (χ0v) is 18.9. The number of hydrogen-bond acceptors (Lipinski definition) is 2. The summed E-state index contributed by atoms with van der Waals surface area (Å²) in [5, 5.41) is 1.67. The van der Waals surface area contributed by atoms with E-state index in [1.54, 1.807) is 34.1 Å². The number of benzene rings is 3. The third-order valence-corrected chi connectivity index (χ3v) is 7.07. The summed E-state index contributed by atoms with van der Waals surface area (Å²) >= 11 is 6.14. The van der Waals surface area contributed by atoms with Crippen molar-refractivity contribution >= 4 is 34.3 Å². The van der Waals surface area contributed by atoms with Gasteiger partial charge in [-0.2, -0.15) is 0 Å². The Morgan fingerprint density at radius 3 is 2.47 bits per heavy atom. The van der Waals surface area contributed by atoms with Crippen molar-refractivity contribution in [3.05, 3.63) is 106 Å². The van der Waals surface area contributed by atoms with Crippen LogP contribution in [0.5, 0.6) is 0 Å². The topological polar surface area (TPSA) is 56.4 Å². The van der Waals surface area contributed by atoms with Gasteiger partial charge in [0, 0.05) is 34.6 Å². The minimum atomic E-state index is -0.617. The highest BCUT2D eigenvalue weighted by Crippen LogP contribution is 2.42. The second-order valence-electron chi connectivity index (χ2n) is 8.86. The smallest absolute Gasteiger partial charge is 0.246 e. The minimum absolute atomic E-state index is 0.0215. The number of nitrogens with one attached hydrogen (secondary N) is 1. The Hall–Kier alpha value is -3.64. The number of amides is 2. The lowest BCUT2D eigenvalue weighted by molar-refractivity contribution is -0.159. The number of hydrogen-bond donors (Lipinski definition) is 1. The van der Waals surface area contributed by atoms with E-state index < -0.39 is 12.1 Å². The van der Waals surface area contributed by atoms with Crippen LogP contribution in [0.4, 0.5) is 4.39 Å². The van der Waals surface area contributed by atoms with E-state index in [1.807, 2.05) is 36.4 Å². The lowest BCUT2D eigenvalue weighted by Gasteiger charge is -2.47. The molecule has 6 rings (SSSR count). The van der Waals surface area contributed by atoms with Gasteiger partial charge in [-0.15, -0.1) is 0 Å². The Balaban J connectivity index is 1.44. The van der Waals surface area contributed by atoms with Crippen molar-refractivity contribution in [2.75, 3.05) is 6.54 Å². The zero-order chi connectivity index (χ0) is 23.4. The molecule has 2 aliphatic rings. The van der Waals surface area contributed by atoms with Crippen LogP contribution in [0.25, 0.3) is 10.9 Å². The Morgan fingerprint density at radius 1 is 0.971 bits per heavy atom. The van der Waals surface area contributed by atoms with Gasteiger partial charge in [0.1, 0.15) is 18.4 Å². The number of aromatic nitrogens is 1. The lowest BCUT2D eigenvalue weighted by Crippen LogP contribution is -2.62. The van der Waals surface area contributed by atoms with Crippen molar-refractivity contribution in [2.24, 2.45) is 0 Å². The van der Waals surface area contributed by atoms with E-state index in [0.717, 1.165) is 33.3 Å². The molecular weight excluding hydrogens is 453 g/mol. The van der Waals surface area contributed by atoms with E-state index >= 15 is 0 Å². The zero-order valence-electron chi connectivity index (χ0n) is 18.2. The first kappa shape index (κ1) is 20.9. The number of nitrogens with zero attached hydrogens (tertiary/aromatic N) is 2. The van der Waals surface area contributed by atoms with Crippen molar-refractivity contribution < 1.29 is 14.0 Å². The van der Waals surface area contributed by atoms with Crippen LogP contribution in [-0.2, 0) is 22.6 Å². The highest BCUT2D eigenvalue weighted by Gasteiger charge is 2.48. The summed E-state index contributed by atoms with van der Waals surface area (Å²) in [6.45, 7) is 0.244. The van der Waals surface area contributed by atoms with E-state index in [0.29, 0.717) is 11.4 Å². The molecule has 2 amide bonds. The molecule has 0 unspecified atom stereocenters. The molecule has 1 aromatic heterocycles. The van der Waals surface area contributed by atoms with Crippen LogP contribution in [0.2, 0.25) is 5.02 Å². The molecule has 0 saturated carbocycles. The summed E-state index contributed by atoms with van der Waals surface area (Å²) < 4.78 is 13.3. The van der Waals surface area contributed by atoms with Crippen molar-refractivity contribution in [3.63, 3.8) is 0 Å². The normalized spacial score (nSPS) is 19.9. The second-order valence-corrected chi connectivity index (χ2v) is 9.30. The van der Waals surface area contributed by atoms with Gasteiger partial charge >= 0.3 is 0 Å². The Morgan fingerprint density at radius 2 is 1.71 bits per heavy atom. The number of para-hydroxylation sites is 1. The molecule has 0 radical (unpaired) electrons. The largest absolute Gasteiger partial charge is 0.356 e. The van der Waals surface area contributed by atoms with Crippen LogP contribution in [0.3, 0.4) is 0 Å². The van der Waals surface area contributed by atoms with Crippen molar-refractivity contribution in [2.45, 2.75) is 25.0 Å².